The summed E-state index contributed by atoms with van der Waals surface area (Å²) in [7, 11) is 0. The second-order valence-electron chi connectivity index (χ2n) is 3.85. The maximum atomic E-state index is 4.39. The average molecular weight is 293 g/mol. The van der Waals surface area contributed by atoms with E-state index in [9.17, 15) is 0 Å². The highest BCUT2D eigenvalue weighted by Crippen LogP contribution is 2.43. The summed E-state index contributed by atoms with van der Waals surface area (Å²) in [6, 6.07) is 0. The molecule has 1 aliphatic rings. The molecule has 0 N–H and O–H groups in total. The maximum Gasteiger partial charge on any atom is 0.0797 e. The largest absolute Gasteiger partial charge is 0.249 e. The molecule has 12 heavy (non-hydrogen) atoms. The highest BCUT2D eigenvalue weighted by atomic mass is 127. The lowest BCUT2D eigenvalue weighted by atomic mass is 9.85. The Balaban J connectivity index is 2.26. The molecule has 0 radical (unpaired) electrons. The van der Waals surface area contributed by atoms with Crippen LogP contribution in [0.4, 0.5) is 0 Å². The van der Waals surface area contributed by atoms with E-state index in [4.69, 9.17) is 0 Å². The molecule has 0 aliphatic heterocycles. The zero-order valence-electron chi connectivity index (χ0n) is 7.30. The van der Waals surface area contributed by atoms with Gasteiger partial charge in [0, 0.05) is 8.80 Å². The van der Waals surface area contributed by atoms with Gasteiger partial charge in [-0.25, -0.2) is 4.98 Å². The highest BCUT2D eigenvalue weighted by molar-refractivity contribution is 14.1. The van der Waals surface area contributed by atoms with Gasteiger partial charge in [-0.05, 0) is 18.3 Å². The van der Waals surface area contributed by atoms with Crippen molar-refractivity contribution >= 4 is 33.9 Å². The first-order valence-corrected chi connectivity index (χ1v) is 6.30. The molecule has 0 aromatic carbocycles. The Morgan fingerprint density at radius 3 is 3.00 bits per heavy atom. The molecule has 3 heteroatoms. The second-order valence-corrected chi connectivity index (χ2v) is 6.65. The standard InChI is InChI=1S/C9H12INS/c1-6(10)9(2)3-7-8(4-9)12-5-11-7/h5-6H,3-4H2,1-2H3. The summed E-state index contributed by atoms with van der Waals surface area (Å²) in [6.45, 7) is 4.68. The smallest absolute Gasteiger partial charge is 0.0797 e. The van der Waals surface area contributed by atoms with Crippen LogP contribution < -0.4 is 0 Å². The van der Waals surface area contributed by atoms with Crippen LogP contribution in [0, 0.1) is 5.41 Å². The monoisotopic (exact) mass is 293 g/mol. The number of halogens is 1. The van der Waals surface area contributed by atoms with E-state index in [2.05, 4.69) is 41.4 Å². The van der Waals surface area contributed by atoms with Crippen LogP contribution in [-0.4, -0.2) is 8.91 Å². The third-order valence-corrected chi connectivity index (χ3v) is 5.20. The molecule has 1 aromatic heterocycles. The van der Waals surface area contributed by atoms with Crippen LogP contribution in [0.2, 0.25) is 0 Å². The Hall–Kier alpha value is 0.360. The molecular weight excluding hydrogens is 281 g/mol. The number of fused-ring (bicyclic) bond motifs is 1. The van der Waals surface area contributed by atoms with Crippen LogP contribution in [0.25, 0.3) is 0 Å². The topological polar surface area (TPSA) is 12.9 Å². The number of aromatic nitrogens is 1. The molecular formula is C9H12INS. The van der Waals surface area contributed by atoms with Crippen LogP contribution in [0.15, 0.2) is 5.51 Å². The van der Waals surface area contributed by atoms with Gasteiger partial charge in [0.1, 0.15) is 0 Å². The highest BCUT2D eigenvalue weighted by Gasteiger charge is 2.37. The molecule has 2 unspecified atom stereocenters. The van der Waals surface area contributed by atoms with E-state index < -0.39 is 0 Å². The first kappa shape index (κ1) is 8.94. The summed E-state index contributed by atoms with van der Waals surface area (Å²) in [5, 5.41) is 0. The molecule has 1 heterocycles. The van der Waals surface area contributed by atoms with Crippen LogP contribution in [0.1, 0.15) is 24.4 Å². The summed E-state index contributed by atoms with van der Waals surface area (Å²) >= 11 is 4.35. The Bertz CT molecular complexity index is 272. The fourth-order valence-corrected chi connectivity index (χ4v) is 3.10. The Morgan fingerprint density at radius 2 is 2.42 bits per heavy atom. The SMILES string of the molecule is CC(I)C1(C)Cc2ncsc2C1. The van der Waals surface area contributed by atoms with Gasteiger partial charge in [0.2, 0.25) is 0 Å². The molecule has 2 atom stereocenters. The van der Waals surface area contributed by atoms with Gasteiger partial charge < -0.3 is 0 Å². The molecule has 0 amide bonds. The van der Waals surface area contributed by atoms with Gasteiger partial charge in [0.25, 0.3) is 0 Å². The van der Waals surface area contributed by atoms with E-state index in [0.29, 0.717) is 5.41 Å². The lowest BCUT2D eigenvalue weighted by molar-refractivity contribution is 0.353. The summed E-state index contributed by atoms with van der Waals surface area (Å²) < 4.78 is 0.733. The number of hydrogen-bond acceptors (Lipinski definition) is 2. The van der Waals surface area contributed by atoms with Crippen molar-refractivity contribution < 1.29 is 0 Å². The van der Waals surface area contributed by atoms with Crippen molar-refractivity contribution in [3.05, 3.63) is 16.1 Å². The molecule has 0 fully saturated rings. The molecule has 0 spiro atoms. The maximum absolute atomic E-state index is 4.39. The van der Waals surface area contributed by atoms with Crippen molar-refractivity contribution in [2.45, 2.75) is 30.6 Å². The number of thiazole rings is 1. The van der Waals surface area contributed by atoms with Crippen molar-refractivity contribution in [3.8, 4) is 0 Å². The van der Waals surface area contributed by atoms with Crippen LogP contribution >= 0.6 is 33.9 Å². The van der Waals surface area contributed by atoms with E-state index in [-0.39, 0.29) is 0 Å². The number of rotatable bonds is 1. The summed E-state index contributed by atoms with van der Waals surface area (Å²) in [5.41, 5.74) is 3.80. The van der Waals surface area contributed by atoms with Crippen LogP contribution in [0.3, 0.4) is 0 Å². The van der Waals surface area contributed by atoms with E-state index in [0.717, 1.165) is 3.92 Å². The fraction of sp³-hybridized carbons (Fsp3) is 0.667. The zero-order chi connectivity index (χ0) is 8.77. The van der Waals surface area contributed by atoms with E-state index in [1.54, 1.807) is 0 Å². The molecule has 2 rings (SSSR count). The molecule has 66 valence electrons. The molecule has 0 saturated carbocycles. The van der Waals surface area contributed by atoms with Crippen LogP contribution in [-0.2, 0) is 12.8 Å². The van der Waals surface area contributed by atoms with Gasteiger partial charge in [0.05, 0.1) is 11.2 Å². The van der Waals surface area contributed by atoms with Crippen molar-refractivity contribution in [2.24, 2.45) is 5.41 Å². The van der Waals surface area contributed by atoms with Crippen LogP contribution in [0.5, 0.6) is 0 Å². The molecule has 1 aliphatic carbocycles. The lowest BCUT2D eigenvalue weighted by Crippen LogP contribution is -2.26. The minimum atomic E-state index is 0.468. The summed E-state index contributed by atoms with van der Waals surface area (Å²) in [6.07, 6.45) is 2.41. The molecule has 0 saturated heterocycles. The molecule has 0 bridgehead atoms. The minimum Gasteiger partial charge on any atom is -0.249 e. The fourth-order valence-electron chi connectivity index (χ4n) is 1.67. The Kier molecular flexibility index (Phi) is 2.19. The number of hydrogen-bond donors (Lipinski definition) is 0. The van der Waals surface area contributed by atoms with E-state index in [1.165, 1.54) is 23.4 Å². The predicted molar refractivity (Wildman–Crippen MR) is 61.1 cm³/mol. The normalized spacial score (nSPS) is 30.2. The van der Waals surface area contributed by atoms with Gasteiger partial charge in [-0.1, -0.05) is 36.4 Å². The van der Waals surface area contributed by atoms with Gasteiger partial charge in [0.15, 0.2) is 0 Å². The van der Waals surface area contributed by atoms with Crippen molar-refractivity contribution in [2.75, 3.05) is 0 Å². The third kappa shape index (κ3) is 1.31. The first-order chi connectivity index (χ1) is 5.62. The van der Waals surface area contributed by atoms with Gasteiger partial charge in [-0.15, -0.1) is 11.3 Å². The quantitative estimate of drug-likeness (QED) is 0.573. The minimum absolute atomic E-state index is 0.468. The first-order valence-electron chi connectivity index (χ1n) is 4.17. The number of alkyl halides is 1. The third-order valence-electron chi connectivity index (χ3n) is 2.82. The van der Waals surface area contributed by atoms with Crippen molar-refractivity contribution in [1.29, 1.82) is 0 Å². The molecule has 1 nitrogen and oxygen atoms in total. The Morgan fingerprint density at radius 1 is 1.67 bits per heavy atom. The number of nitrogens with zero attached hydrogens (tertiary/aromatic N) is 1. The Labute approximate surface area is 90.7 Å². The predicted octanol–water partition coefficient (Wildman–Crippen LogP) is 3.07. The summed E-state index contributed by atoms with van der Waals surface area (Å²) in [4.78, 5) is 5.90. The van der Waals surface area contributed by atoms with E-state index >= 15 is 0 Å². The summed E-state index contributed by atoms with van der Waals surface area (Å²) in [5.74, 6) is 0. The second kappa shape index (κ2) is 2.94. The van der Waals surface area contributed by atoms with Crippen molar-refractivity contribution in [1.82, 2.24) is 4.98 Å². The van der Waals surface area contributed by atoms with Gasteiger partial charge in [-0.3, -0.25) is 0 Å². The van der Waals surface area contributed by atoms with Gasteiger partial charge >= 0.3 is 0 Å². The zero-order valence-corrected chi connectivity index (χ0v) is 10.3. The van der Waals surface area contributed by atoms with E-state index in [1.807, 2.05) is 16.8 Å². The lowest BCUT2D eigenvalue weighted by Gasteiger charge is -2.26. The van der Waals surface area contributed by atoms with Gasteiger partial charge in [-0.2, -0.15) is 0 Å². The van der Waals surface area contributed by atoms with Crippen molar-refractivity contribution in [3.63, 3.8) is 0 Å². The molecule has 1 aromatic rings. The average Bonchev–Trinajstić information content (AvgIpc) is 2.44.